The van der Waals surface area contributed by atoms with E-state index in [0.29, 0.717) is 5.41 Å². The maximum atomic E-state index is 2.83. The summed E-state index contributed by atoms with van der Waals surface area (Å²) in [5.74, 6) is 5.34. The van der Waals surface area contributed by atoms with E-state index in [1.165, 1.54) is 38.5 Å². The van der Waals surface area contributed by atoms with Gasteiger partial charge in [0.15, 0.2) is 0 Å². The lowest BCUT2D eigenvalue weighted by atomic mass is 9.34. The predicted molar refractivity (Wildman–Crippen MR) is 100 cm³/mol. The first kappa shape index (κ1) is 15.8. The molecule has 0 spiro atoms. The van der Waals surface area contributed by atoms with Crippen molar-refractivity contribution in [1.29, 1.82) is 0 Å². The summed E-state index contributed by atoms with van der Waals surface area (Å²) in [7, 11) is 2.83. The van der Waals surface area contributed by atoms with Crippen molar-refractivity contribution in [3.05, 3.63) is 35.9 Å². The van der Waals surface area contributed by atoms with Crippen molar-refractivity contribution in [2.75, 3.05) is 0 Å². The van der Waals surface area contributed by atoms with Crippen LogP contribution in [-0.2, 0) is 0 Å². The highest BCUT2D eigenvalue weighted by atomic mass is 14.6. The van der Waals surface area contributed by atoms with Crippen LogP contribution in [-0.4, -0.2) is 7.28 Å². The van der Waals surface area contributed by atoms with Crippen LogP contribution in [0, 0.1) is 23.2 Å². The standard InChI is InChI=1S/C22H32B/c1-15-19-13-17(22(19,2)3)14-21(15)23-20-12-8-7-11-18(20)16-9-5-4-6-10-16/h4-6,9-10,15,17-21H,7-8,11-14H2,1-3H3/t15-,17+,18-,19-,20+,21-/m1/s1. The molecular weight excluding hydrogens is 275 g/mol. The molecule has 6 atom stereocenters. The Labute approximate surface area is 143 Å². The summed E-state index contributed by atoms with van der Waals surface area (Å²) >= 11 is 0. The van der Waals surface area contributed by atoms with Crippen LogP contribution in [0.3, 0.4) is 0 Å². The molecule has 0 unspecified atom stereocenters. The van der Waals surface area contributed by atoms with E-state index in [9.17, 15) is 0 Å². The summed E-state index contributed by atoms with van der Waals surface area (Å²) in [6, 6.07) is 11.3. The average Bonchev–Trinajstić information content (AvgIpc) is 2.57. The van der Waals surface area contributed by atoms with Crippen molar-refractivity contribution in [1.82, 2.24) is 0 Å². The fraction of sp³-hybridized carbons (Fsp3) is 0.727. The summed E-state index contributed by atoms with van der Waals surface area (Å²) in [5, 5.41) is 0. The number of rotatable bonds is 3. The third-order valence-corrected chi connectivity index (χ3v) is 7.95. The Kier molecular flexibility index (Phi) is 4.10. The highest BCUT2D eigenvalue weighted by molar-refractivity contribution is 6.40. The maximum Gasteiger partial charge on any atom is 0.118 e. The Morgan fingerprint density at radius 2 is 1.70 bits per heavy atom. The maximum absolute atomic E-state index is 2.83. The van der Waals surface area contributed by atoms with E-state index in [1.807, 2.05) is 0 Å². The van der Waals surface area contributed by atoms with E-state index >= 15 is 0 Å². The second-order valence-corrected chi connectivity index (χ2v) is 9.28. The van der Waals surface area contributed by atoms with Gasteiger partial charge in [-0.15, -0.1) is 0 Å². The first-order chi connectivity index (χ1) is 11.1. The van der Waals surface area contributed by atoms with E-state index in [2.05, 4.69) is 58.4 Å². The zero-order valence-electron chi connectivity index (χ0n) is 15.2. The molecule has 4 aliphatic rings. The van der Waals surface area contributed by atoms with Crippen LogP contribution in [0.1, 0.15) is 70.8 Å². The van der Waals surface area contributed by atoms with Crippen molar-refractivity contribution >= 4 is 7.28 Å². The highest BCUT2D eigenvalue weighted by Crippen LogP contribution is 2.65. The van der Waals surface area contributed by atoms with E-state index < -0.39 is 0 Å². The van der Waals surface area contributed by atoms with Crippen LogP contribution >= 0.6 is 0 Å². The Bertz CT molecular complexity index is 534. The first-order valence-corrected chi connectivity index (χ1v) is 9.97. The second kappa shape index (κ2) is 5.98. The van der Waals surface area contributed by atoms with Gasteiger partial charge in [-0.05, 0) is 47.5 Å². The summed E-state index contributed by atoms with van der Waals surface area (Å²) in [6.45, 7) is 7.58. The quantitative estimate of drug-likeness (QED) is 0.573. The second-order valence-electron chi connectivity index (χ2n) is 9.28. The molecule has 0 N–H and O–H groups in total. The number of hydrogen-bond donors (Lipinski definition) is 0. The highest BCUT2D eigenvalue weighted by Gasteiger charge is 2.56. The molecule has 1 aromatic rings. The molecule has 1 aromatic carbocycles. The van der Waals surface area contributed by atoms with Gasteiger partial charge in [0.05, 0.1) is 0 Å². The topological polar surface area (TPSA) is 0 Å². The summed E-state index contributed by atoms with van der Waals surface area (Å²) < 4.78 is 0. The molecule has 0 nitrogen and oxygen atoms in total. The summed E-state index contributed by atoms with van der Waals surface area (Å²) in [6.07, 6.45) is 8.63. The number of benzene rings is 1. The summed E-state index contributed by atoms with van der Waals surface area (Å²) in [5.41, 5.74) is 2.21. The zero-order valence-corrected chi connectivity index (χ0v) is 15.2. The van der Waals surface area contributed by atoms with Gasteiger partial charge in [-0.25, -0.2) is 0 Å². The largest absolute Gasteiger partial charge is 0.118 e. The summed E-state index contributed by atoms with van der Waals surface area (Å²) in [4.78, 5) is 0. The molecule has 0 aliphatic heterocycles. The molecule has 1 radical (unpaired) electrons. The third-order valence-electron chi connectivity index (χ3n) is 7.95. The number of hydrogen-bond acceptors (Lipinski definition) is 0. The molecule has 2 bridgehead atoms. The van der Waals surface area contributed by atoms with Gasteiger partial charge in [0.2, 0.25) is 0 Å². The minimum absolute atomic E-state index is 0.620. The van der Waals surface area contributed by atoms with E-state index in [1.54, 1.807) is 5.56 Å². The third kappa shape index (κ3) is 2.69. The van der Waals surface area contributed by atoms with Crippen LogP contribution in [0.4, 0.5) is 0 Å². The molecule has 5 rings (SSSR count). The van der Waals surface area contributed by atoms with Crippen LogP contribution in [0.15, 0.2) is 30.3 Å². The smallest absolute Gasteiger partial charge is 0.0655 e. The molecule has 23 heavy (non-hydrogen) atoms. The lowest BCUT2D eigenvalue weighted by Gasteiger charge is -2.62. The Morgan fingerprint density at radius 1 is 0.957 bits per heavy atom. The van der Waals surface area contributed by atoms with Gasteiger partial charge in [-0.3, -0.25) is 0 Å². The van der Waals surface area contributed by atoms with Crippen LogP contribution in [0.2, 0.25) is 11.6 Å². The van der Waals surface area contributed by atoms with Crippen LogP contribution in [0.25, 0.3) is 0 Å². The fourth-order valence-electron chi connectivity index (χ4n) is 6.27. The lowest BCUT2D eigenvalue weighted by molar-refractivity contribution is -0.0987. The molecule has 4 aliphatic carbocycles. The average molecular weight is 307 g/mol. The molecule has 123 valence electrons. The molecule has 0 saturated heterocycles. The van der Waals surface area contributed by atoms with Gasteiger partial charge in [0, 0.05) is 0 Å². The Morgan fingerprint density at radius 3 is 2.39 bits per heavy atom. The molecule has 0 aromatic heterocycles. The SMILES string of the molecule is C[C@H]1[C@H]([B][C@H]2CCCC[C@@H]2c2ccccc2)C[C@@H]2C[C@H]1C2(C)C. The Hall–Kier alpha value is -0.715. The van der Waals surface area contributed by atoms with Crippen LogP contribution < -0.4 is 0 Å². The van der Waals surface area contributed by atoms with Gasteiger partial charge in [-0.2, -0.15) is 0 Å². The minimum atomic E-state index is 0.620. The van der Waals surface area contributed by atoms with Crippen molar-refractivity contribution in [3.8, 4) is 0 Å². The van der Waals surface area contributed by atoms with Crippen molar-refractivity contribution < 1.29 is 0 Å². The van der Waals surface area contributed by atoms with Crippen molar-refractivity contribution in [3.63, 3.8) is 0 Å². The van der Waals surface area contributed by atoms with E-state index in [-0.39, 0.29) is 0 Å². The van der Waals surface area contributed by atoms with Crippen LogP contribution in [0.5, 0.6) is 0 Å². The van der Waals surface area contributed by atoms with Gasteiger partial charge < -0.3 is 0 Å². The zero-order chi connectivity index (χ0) is 16.0. The normalized spacial score (nSPS) is 41.9. The van der Waals surface area contributed by atoms with Crippen molar-refractivity contribution in [2.45, 2.75) is 76.8 Å². The number of fused-ring (bicyclic) bond motifs is 2. The van der Waals surface area contributed by atoms with Crippen molar-refractivity contribution in [2.24, 2.45) is 23.2 Å². The lowest BCUT2D eigenvalue weighted by Crippen LogP contribution is -2.54. The Balaban J connectivity index is 1.47. The van der Waals surface area contributed by atoms with Gasteiger partial charge >= 0.3 is 0 Å². The van der Waals surface area contributed by atoms with Gasteiger partial charge in [0.1, 0.15) is 7.28 Å². The predicted octanol–water partition coefficient (Wildman–Crippen LogP) is 6.33. The molecular formula is C22H32B. The first-order valence-electron chi connectivity index (χ1n) is 9.97. The molecule has 1 heteroatoms. The van der Waals surface area contributed by atoms with E-state index in [0.717, 1.165) is 35.3 Å². The fourth-order valence-corrected chi connectivity index (χ4v) is 6.27. The monoisotopic (exact) mass is 307 g/mol. The molecule has 4 saturated carbocycles. The van der Waals surface area contributed by atoms with Gasteiger partial charge in [-0.1, -0.05) is 88.4 Å². The molecule has 0 heterocycles. The molecule has 0 amide bonds. The minimum Gasteiger partial charge on any atom is -0.0655 e. The van der Waals surface area contributed by atoms with E-state index in [4.69, 9.17) is 0 Å². The molecule has 4 fully saturated rings. The van der Waals surface area contributed by atoms with Gasteiger partial charge in [0.25, 0.3) is 0 Å².